The topological polar surface area (TPSA) is 90.7 Å². The van der Waals surface area contributed by atoms with Crippen molar-refractivity contribution in [3.63, 3.8) is 0 Å². The van der Waals surface area contributed by atoms with E-state index < -0.39 is 17.6 Å². The number of amides is 2. The van der Waals surface area contributed by atoms with Crippen molar-refractivity contribution in [2.45, 2.75) is 0 Å². The van der Waals surface area contributed by atoms with Crippen molar-refractivity contribution in [2.75, 3.05) is 19.0 Å². The number of rotatable bonds is 6. The average Bonchev–Trinajstić information content (AvgIpc) is 2.54. The first-order chi connectivity index (χ1) is 11.0. The van der Waals surface area contributed by atoms with Gasteiger partial charge in [0.25, 0.3) is 11.8 Å². The molecule has 0 aromatic heterocycles. The predicted octanol–water partition coefficient (Wildman–Crippen LogP) is 1.95. The van der Waals surface area contributed by atoms with E-state index in [0.29, 0.717) is 5.69 Å². The fourth-order valence-corrected chi connectivity index (χ4v) is 1.89. The van der Waals surface area contributed by atoms with Gasteiger partial charge < -0.3 is 20.5 Å². The number of primary amides is 1. The Balaban J connectivity index is 2.06. The molecular formula is C16H15FN2O4. The fourth-order valence-electron chi connectivity index (χ4n) is 1.89. The van der Waals surface area contributed by atoms with Gasteiger partial charge in [-0.3, -0.25) is 9.59 Å². The number of methoxy groups -OCH3 is 1. The Hall–Kier alpha value is -3.09. The minimum atomic E-state index is -0.696. The van der Waals surface area contributed by atoms with Crippen molar-refractivity contribution in [2.24, 2.45) is 5.73 Å². The van der Waals surface area contributed by atoms with Gasteiger partial charge in [-0.1, -0.05) is 6.07 Å². The number of nitrogens with two attached hydrogens (primary N) is 1. The molecule has 0 fully saturated rings. The number of para-hydroxylation sites is 1. The monoisotopic (exact) mass is 318 g/mol. The smallest absolute Gasteiger partial charge is 0.262 e. The molecule has 6 nitrogen and oxygen atoms in total. The van der Waals surface area contributed by atoms with Gasteiger partial charge >= 0.3 is 0 Å². The lowest BCUT2D eigenvalue weighted by atomic mass is 10.2. The number of nitrogens with one attached hydrogen (secondary N) is 1. The maximum atomic E-state index is 12.8. The summed E-state index contributed by atoms with van der Waals surface area (Å²) in [5.74, 6) is -1.19. The molecule has 0 aliphatic carbocycles. The number of ether oxygens (including phenoxy) is 2. The lowest BCUT2D eigenvalue weighted by Crippen LogP contribution is -2.22. The molecule has 7 heteroatoms. The molecule has 3 N–H and O–H groups in total. The molecule has 0 aliphatic rings. The van der Waals surface area contributed by atoms with E-state index in [1.165, 1.54) is 37.4 Å². The second-order valence-electron chi connectivity index (χ2n) is 4.54. The van der Waals surface area contributed by atoms with Crippen LogP contribution in [0.15, 0.2) is 42.5 Å². The van der Waals surface area contributed by atoms with E-state index >= 15 is 0 Å². The van der Waals surface area contributed by atoms with Crippen molar-refractivity contribution in [1.82, 2.24) is 0 Å². The van der Waals surface area contributed by atoms with Gasteiger partial charge in [0, 0.05) is 5.69 Å². The van der Waals surface area contributed by atoms with Crippen LogP contribution in [0.4, 0.5) is 10.1 Å². The number of anilines is 1. The van der Waals surface area contributed by atoms with Gasteiger partial charge in [0.1, 0.15) is 5.82 Å². The van der Waals surface area contributed by atoms with Crippen LogP contribution >= 0.6 is 0 Å². The van der Waals surface area contributed by atoms with Gasteiger partial charge in [0.2, 0.25) is 0 Å². The molecule has 2 aromatic carbocycles. The summed E-state index contributed by atoms with van der Waals surface area (Å²) in [6.45, 7) is -0.363. The molecule has 23 heavy (non-hydrogen) atoms. The zero-order valence-corrected chi connectivity index (χ0v) is 12.3. The van der Waals surface area contributed by atoms with Crippen molar-refractivity contribution in [3.05, 3.63) is 53.8 Å². The van der Waals surface area contributed by atoms with Crippen molar-refractivity contribution in [1.29, 1.82) is 0 Å². The largest absolute Gasteiger partial charge is 0.493 e. The van der Waals surface area contributed by atoms with E-state index in [9.17, 15) is 14.0 Å². The van der Waals surface area contributed by atoms with Crippen molar-refractivity contribution < 1.29 is 23.5 Å². The predicted molar refractivity (Wildman–Crippen MR) is 82.0 cm³/mol. The van der Waals surface area contributed by atoms with Crippen LogP contribution in [-0.4, -0.2) is 25.5 Å². The second-order valence-corrected chi connectivity index (χ2v) is 4.54. The summed E-state index contributed by atoms with van der Waals surface area (Å²) in [6, 6.07) is 9.93. The maximum Gasteiger partial charge on any atom is 0.262 e. The van der Waals surface area contributed by atoms with Crippen LogP contribution in [0.1, 0.15) is 10.4 Å². The lowest BCUT2D eigenvalue weighted by molar-refractivity contribution is -0.118. The second kappa shape index (κ2) is 7.26. The van der Waals surface area contributed by atoms with Gasteiger partial charge in [0.05, 0.1) is 12.7 Å². The minimum Gasteiger partial charge on any atom is -0.493 e. The van der Waals surface area contributed by atoms with Crippen LogP contribution in [0, 0.1) is 5.82 Å². The number of benzene rings is 2. The van der Waals surface area contributed by atoms with E-state index in [1.807, 2.05) is 0 Å². The molecule has 0 spiro atoms. The normalized spacial score (nSPS) is 10.0. The molecular weight excluding hydrogens is 303 g/mol. The zero-order chi connectivity index (χ0) is 16.8. The zero-order valence-electron chi connectivity index (χ0n) is 12.3. The molecule has 0 atom stereocenters. The molecule has 0 radical (unpaired) electrons. The average molecular weight is 318 g/mol. The van der Waals surface area contributed by atoms with E-state index in [0.717, 1.165) is 0 Å². The van der Waals surface area contributed by atoms with Crippen LogP contribution in [0.5, 0.6) is 11.5 Å². The van der Waals surface area contributed by atoms with Gasteiger partial charge in [-0.25, -0.2) is 4.39 Å². The molecule has 0 saturated carbocycles. The quantitative estimate of drug-likeness (QED) is 0.851. The number of halogens is 1. The third-order valence-corrected chi connectivity index (χ3v) is 2.94. The van der Waals surface area contributed by atoms with Crippen LogP contribution in [0.2, 0.25) is 0 Å². The van der Waals surface area contributed by atoms with Crippen molar-refractivity contribution in [3.8, 4) is 11.5 Å². The van der Waals surface area contributed by atoms with Gasteiger partial charge in [-0.2, -0.15) is 0 Å². The molecule has 0 aliphatic heterocycles. The van der Waals surface area contributed by atoms with Crippen molar-refractivity contribution >= 4 is 17.5 Å². The van der Waals surface area contributed by atoms with Crippen LogP contribution in [-0.2, 0) is 4.79 Å². The molecule has 2 amide bonds. The Morgan fingerprint density at radius 3 is 2.48 bits per heavy atom. The van der Waals surface area contributed by atoms with E-state index in [2.05, 4.69) is 5.32 Å². The first-order valence-electron chi connectivity index (χ1n) is 6.66. The molecule has 0 saturated heterocycles. The summed E-state index contributed by atoms with van der Waals surface area (Å²) in [4.78, 5) is 23.3. The number of hydrogen-bond donors (Lipinski definition) is 2. The molecule has 0 bridgehead atoms. The van der Waals surface area contributed by atoms with Crippen LogP contribution < -0.4 is 20.5 Å². The number of hydrogen-bond acceptors (Lipinski definition) is 4. The van der Waals surface area contributed by atoms with Gasteiger partial charge in [0.15, 0.2) is 18.1 Å². The summed E-state index contributed by atoms with van der Waals surface area (Å²) in [7, 11) is 1.41. The first-order valence-corrected chi connectivity index (χ1v) is 6.66. The third kappa shape index (κ3) is 4.19. The summed E-state index contributed by atoms with van der Waals surface area (Å²) >= 11 is 0. The molecule has 2 aromatic rings. The van der Waals surface area contributed by atoms with E-state index in [4.69, 9.17) is 15.2 Å². The third-order valence-electron chi connectivity index (χ3n) is 2.94. The van der Waals surface area contributed by atoms with E-state index in [-0.39, 0.29) is 23.7 Å². The van der Waals surface area contributed by atoms with Gasteiger partial charge in [-0.15, -0.1) is 0 Å². The summed E-state index contributed by atoms with van der Waals surface area (Å²) < 4.78 is 23.3. The Kier molecular flexibility index (Phi) is 5.14. The van der Waals surface area contributed by atoms with Crippen LogP contribution in [0.25, 0.3) is 0 Å². The van der Waals surface area contributed by atoms with Crippen LogP contribution in [0.3, 0.4) is 0 Å². The Morgan fingerprint density at radius 2 is 1.87 bits per heavy atom. The van der Waals surface area contributed by atoms with E-state index in [1.54, 1.807) is 12.1 Å². The highest BCUT2D eigenvalue weighted by molar-refractivity contribution is 5.97. The SMILES string of the molecule is COc1cccc(C(N)=O)c1OCC(=O)Nc1ccc(F)cc1. The Morgan fingerprint density at radius 1 is 1.17 bits per heavy atom. The summed E-state index contributed by atoms with van der Waals surface area (Å²) in [5, 5.41) is 2.54. The standard InChI is InChI=1S/C16H15FN2O4/c1-22-13-4-2-3-12(16(18)21)15(13)23-9-14(20)19-11-7-5-10(17)6-8-11/h2-8H,9H2,1H3,(H2,18,21)(H,19,20). The highest BCUT2D eigenvalue weighted by Crippen LogP contribution is 2.30. The Labute approximate surface area is 132 Å². The molecule has 120 valence electrons. The maximum absolute atomic E-state index is 12.8. The molecule has 0 unspecified atom stereocenters. The molecule has 0 heterocycles. The number of carbonyl (C=O) groups is 2. The highest BCUT2D eigenvalue weighted by Gasteiger charge is 2.16. The minimum absolute atomic E-state index is 0.0942. The summed E-state index contributed by atoms with van der Waals surface area (Å²) in [6.07, 6.45) is 0. The highest BCUT2D eigenvalue weighted by atomic mass is 19.1. The first kappa shape index (κ1) is 16.3. The van der Waals surface area contributed by atoms with Gasteiger partial charge in [-0.05, 0) is 36.4 Å². The Bertz CT molecular complexity index is 717. The fraction of sp³-hybridized carbons (Fsp3) is 0.125. The lowest BCUT2D eigenvalue weighted by Gasteiger charge is -2.13. The molecule has 2 rings (SSSR count). The number of carbonyl (C=O) groups excluding carboxylic acids is 2. The summed E-state index contributed by atoms with van der Waals surface area (Å²) in [5.41, 5.74) is 5.81.